The lowest BCUT2D eigenvalue weighted by atomic mass is 10.2. The van der Waals surface area contributed by atoms with E-state index >= 15 is 0 Å². The molecule has 0 aliphatic rings. The molecule has 0 saturated carbocycles. The minimum atomic E-state index is -0.453. The van der Waals surface area contributed by atoms with Crippen LogP contribution in [0.3, 0.4) is 0 Å². The molecule has 0 fully saturated rings. The number of hydrogen-bond donors (Lipinski definition) is 0. The number of hydrogen-bond acceptors (Lipinski definition) is 4. The van der Waals surface area contributed by atoms with Gasteiger partial charge in [-0.2, -0.15) is 0 Å². The Bertz CT molecular complexity index is 589. The Kier molecular flexibility index (Phi) is 2.68. The largest absolute Gasteiger partial charge is 0.468 e. The van der Waals surface area contributed by atoms with Crippen molar-refractivity contribution < 1.29 is 9.53 Å². The number of methoxy groups -OCH3 is 1. The summed E-state index contributed by atoms with van der Waals surface area (Å²) in [6, 6.07) is 5.06. The van der Waals surface area contributed by atoms with Crippen molar-refractivity contribution in [1.82, 2.24) is 9.55 Å². The monoisotopic (exact) mass is 218 g/mol. The molecule has 2 aromatic heterocycles. The van der Waals surface area contributed by atoms with Crippen LogP contribution in [-0.4, -0.2) is 22.6 Å². The number of fused-ring (bicyclic) bond motifs is 1. The molecule has 5 heteroatoms. The number of carbonyl (C=O) groups is 1. The predicted molar refractivity (Wildman–Crippen MR) is 58.0 cm³/mol. The predicted octanol–water partition coefficient (Wildman–Crippen LogP) is 0.570. The number of esters is 1. The van der Waals surface area contributed by atoms with Crippen LogP contribution in [0, 0.1) is 0 Å². The lowest BCUT2D eigenvalue weighted by molar-refractivity contribution is -0.141. The van der Waals surface area contributed by atoms with Crippen LogP contribution in [0.25, 0.3) is 10.9 Å². The molecule has 0 aromatic carbocycles. The van der Waals surface area contributed by atoms with Gasteiger partial charge in [0.2, 0.25) is 0 Å². The minimum absolute atomic E-state index is 0.0832. The first kappa shape index (κ1) is 10.4. The summed E-state index contributed by atoms with van der Waals surface area (Å²) in [7, 11) is 1.29. The molecule has 0 amide bonds. The fourth-order valence-electron chi connectivity index (χ4n) is 1.44. The maximum atomic E-state index is 11.9. The number of rotatable bonds is 2. The van der Waals surface area contributed by atoms with E-state index in [1.807, 2.05) is 0 Å². The van der Waals surface area contributed by atoms with E-state index in [1.54, 1.807) is 24.4 Å². The van der Waals surface area contributed by atoms with Gasteiger partial charge in [0.1, 0.15) is 6.54 Å². The molecule has 2 rings (SSSR count). The Morgan fingerprint density at radius 3 is 3.06 bits per heavy atom. The van der Waals surface area contributed by atoms with Gasteiger partial charge in [0.15, 0.2) is 0 Å². The Labute approximate surface area is 91.3 Å². The summed E-state index contributed by atoms with van der Waals surface area (Å²) in [5, 5.41) is 0.494. The molecule has 16 heavy (non-hydrogen) atoms. The highest BCUT2D eigenvalue weighted by atomic mass is 16.5. The van der Waals surface area contributed by atoms with Gasteiger partial charge in [-0.05, 0) is 18.2 Å². The summed E-state index contributed by atoms with van der Waals surface area (Å²) in [5.74, 6) is -0.453. The first-order valence-electron chi connectivity index (χ1n) is 4.73. The summed E-state index contributed by atoms with van der Waals surface area (Å²) >= 11 is 0. The molecule has 0 bridgehead atoms. The zero-order valence-corrected chi connectivity index (χ0v) is 8.71. The van der Waals surface area contributed by atoms with Crippen molar-refractivity contribution in [2.45, 2.75) is 6.54 Å². The molecule has 0 aliphatic carbocycles. The molecule has 2 heterocycles. The first-order chi connectivity index (χ1) is 7.72. The SMILES string of the molecule is COC(=O)Cn1ccc2ncccc2c1=O. The van der Waals surface area contributed by atoms with Gasteiger partial charge in [-0.3, -0.25) is 14.6 Å². The van der Waals surface area contributed by atoms with Crippen molar-refractivity contribution in [3.05, 3.63) is 40.9 Å². The van der Waals surface area contributed by atoms with E-state index in [2.05, 4.69) is 9.72 Å². The summed E-state index contributed by atoms with van der Waals surface area (Å²) in [6.45, 7) is -0.0832. The van der Waals surface area contributed by atoms with Gasteiger partial charge in [-0.1, -0.05) is 0 Å². The third-order valence-electron chi connectivity index (χ3n) is 2.27. The molecular weight excluding hydrogens is 208 g/mol. The lowest BCUT2D eigenvalue weighted by Crippen LogP contribution is -2.24. The highest BCUT2D eigenvalue weighted by molar-refractivity contribution is 5.77. The number of ether oxygens (including phenoxy) is 1. The van der Waals surface area contributed by atoms with Crippen LogP contribution in [0.2, 0.25) is 0 Å². The fourth-order valence-corrected chi connectivity index (χ4v) is 1.44. The molecule has 0 unspecified atom stereocenters. The fraction of sp³-hybridized carbons (Fsp3) is 0.182. The first-order valence-corrected chi connectivity index (χ1v) is 4.73. The average Bonchev–Trinajstić information content (AvgIpc) is 2.33. The maximum Gasteiger partial charge on any atom is 0.325 e. The Morgan fingerprint density at radius 1 is 1.50 bits per heavy atom. The molecule has 82 valence electrons. The summed E-state index contributed by atoms with van der Waals surface area (Å²) in [6.07, 6.45) is 3.15. The van der Waals surface area contributed by atoms with E-state index in [4.69, 9.17) is 0 Å². The van der Waals surface area contributed by atoms with Gasteiger partial charge in [0, 0.05) is 12.4 Å². The molecule has 0 aliphatic heterocycles. The zero-order chi connectivity index (χ0) is 11.5. The highest BCUT2D eigenvalue weighted by Crippen LogP contribution is 2.04. The van der Waals surface area contributed by atoms with Gasteiger partial charge < -0.3 is 9.30 Å². The van der Waals surface area contributed by atoms with E-state index < -0.39 is 5.97 Å². The van der Waals surface area contributed by atoms with E-state index in [0.29, 0.717) is 10.9 Å². The third kappa shape index (κ3) is 1.79. The van der Waals surface area contributed by atoms with Crippen molar-refractivity contribution in [1.29, 1.82) is 0 Å². The summed E-state index contributed by atoms with van der Waals surface area (Å²) in [4.78, 5) is 27.0. The second-order valence-electron chi connectivity index (χ2n) is 3.26. The van der Waals surface area contributed by atoms with Gasteiger partial charge in [-0.15, -0.1) is 0 Å². The van der Waals surface area contributed by atoms with Crippen LogP contribution in [0.15, 0.2) is 35.4 Å². The van der Waals surface area contributed by atoms with Crippen molar-refractivity contribution in [2.75, 3.05) is 7.11 Å². The van der Waals surface area contributed by atoms with Crippen molar-refractivity contribution in [3.8, 4) is 0 Å². The van der Waals surface area contributed by atoms with Crippen molar-refractivity contribution in [3.63, 3.8) is 0 Å². The average molecular weight is 218 g/mol. The molecule has 0 N–H and O–H groups in total. The molecule has 5 nitrogen and oxygen atoms in total. The summed E-state index contributed by atoms with van der Waals surface area (Å²) in [5.41, 5.74) is 0.379. The summed E-state index contributed by atoms with van der Waals surface area (Å²) < 4.78 is 5.81. The van der Waals surface area contributed by atoms with Crippen LogP contribution in [0.5, 0.6) is 0 Å². The van der Waals surface area contributed by atoms with Gasteiger partial charge >= 0.3 is 5.97 Å². The zero-order valence-electron chi connectivity index (χ0n) is 8.71. The van der Waals surface area contributed by atoms with Crippen molar-refractivity contribution >= 4 is 16.9 Å². The van der Waals surface area contributed by atoms with Crippen LogP contribution < -0.4 is 5.56 Å². The standard InChI is InChI=1S/C11H10N2O3/c1-16-10(14)7-13-6-4-9-8(11(13)15)3-2-5-12-9/h2-6H,7H2,1H3. The third-order valence-corrected chi connectivity index (χ3v) is 2.27. The van der Waals surface area contributed by atoms with E-state index in [0.717, 1.165) is 0 Å². The molecular formula is C11H10N2O3. The van der Waals surface area contributed by atoms with Gasteiger partial charge in [0.25, 0.3) is 5.56 Å². The molecule has 0 saturated heterocycles. The lowest BCUT2D eigenvalue weighted by Gasteiger charge is -2.04. The molecule has 0 radical (unpaired) electrons. The van der Waals surface area contributed by atoms with Gasteiger partial charge in [0.05, 0.1) is 18.0 Å². The Hall–Kier alpha value is -2.17. The van der Waals surface area contributed by atoms with E-state index in [-0.39, 0.29) is 12.1 Å². The second-order valence-corrected chi connectivity index (χ2v) is 3.26. The van der Waals surface area contributed by atoms with Crippen LogP contribution in [0.1, 0.15) is 0 Å². The second kappa shape index (κ2) is 4.14. The number of pyridine rings is 2. The van der Waals surface area contributed by atoms with Gasteiger partial charge in [-0.25, -0.2) is 0 Å². The topological polar surface area (TPSA) is 61.2 Å². The number of carbonyl (C=O) groups excluding carboxylic acids is 1. The van der Waals surface area contributed by atoms with Crippen LogP contribution in [-0.2, 0) is 16.1 Å². The highest BCUT2D eigenvalue weighted by Gasteiger charge is 2.06. The molecule has 0 atom stereocenters. The van der Waals surface area contributed by atoms with E-state index in [9.17, 15) is 9.59 Å². The quantitative estimate of drug-likeness (QED) is 0.691. The van der Waals surface area contributed by atoms with E-state index in [1.165, 1.54) is 17.9 Å². The van der Waals surface area contributed by atoms with Crippen LogP contribution in [0.4, 0.5) is 0 Å². The molecule has 2 aromatic rings. The normalized spacial score (nSPS) is 10.3. The number of nitrogens with zero attached hydrogens (tertiary/aromatic N) is 2. The Morgan fingerprint density at radius 2 is 2.31 bits per heavy atom. The molecule has 0 spiro atoms. The van der Waals surface area contributed by atoms with Crippen LogP contribution >= 0.6 is 0 Å². The van der Waals surface area contributed by atoms with Crippen molar-refractivity contribution in [2.24, 2.45) is 0 Å². The minimum Gasteiger partial charge on any atom is -0.468 e. The maximum absolute atomic E-state index is 11.9. The Balaban J connectivity index is 2.53. The number of aromatic nitrogens is 2. The smallest absolute Gasteiger partial charge is 0.325 e.